The molecule has 4 rings (SSSR count). The summed E-state index contributed by atoms with van der Waals surface area (Å²) in [6.07, 6.45) is 3.88. The normalized spacial score (nSPS) is 21.2. The summed E-state index contributed by atoms with van der Waals surface area (Å²) in [6, 6.07) is 13.7. The number of carbonyl (C=O) groups is 2. The van der Waals surface area contributed by atoms with Gasteiger partial charge in [0, 0.05) is 18.9 Å². The van der Waals surface area contributed by atoms with E-state index in [1.54, 1.807) is 28.1 Å². The first-order valence-corrected chi connectivity index (χ1v) is 8.73. The molecule has 0 saturated carbocycles. The molecule has 2 fully saturated rings. The van der Waals surface area contributed by atoms with Crippen LogP contribution < -0.4 is 0 Å². The van der Waals surface area contributed by atoms with Crippen LogP contribution in [0.1, 0.15) is 22.3 Å². The van der Waals surface area contributed by atoms with Crippen molar-refractivity contribution in [1.29, 1.82) is 0 Å². The highest BCUT2D eigenvalue weighted by Gasteiger charge is 2.46. The van der Waals surface area contributed by atoms with Crippen LogP contribution in [0, 0.1) is 6.92 Å². The van der Waals surface area contributed by atoms with Gasteiger partial charge in [-0.3, -0.25) is 14.6 Å². The number of nitrogens with zero attached hydrogens (tertiary/aromatic N) is 3. The highest BCUT2D eigenvalue weighted by Crippen LogP contribution is 2.30. The molecule has 2 aliphatic heterocycles. The summed E-state index contributed by atoms with van der Waals surface area (Å²) in [5, 5.41) is 9.11. The zero-order chi connectivity index (χ0) is 18.5. The molecule has 2 unspecified atom stereocenters. The Morgan fingerprint density at radius 1 is 1.23 bits per heavy atom. The third kappa shape index (κ3) is 3.91. The Labute approximate surface area is 153 Å². The first-order valence-electron chi connectivity index (χ1n) is 8.73. The van der Waals surface area contributed by atoms with Crippen molar-refractivity contribution >= 4 is 11.8 Å². The molecule has 0 radical (unpaired) electrons. The zero-order valence-electron chi connectivity index (χ0n) is 14.8. The minimum absolute atomic E-state index is 0.00120. The molecule has 1 aromatic carbocycles. The van der Waals surface area contributed by atoms with Gasteiger partial charge < -0.3 is 14.9 Å². The fraction of sp³-hybridized carbons (Fsp3) is 0.350. The Morgan fingerprint density at radius 3 is 2.54 bits per heavy atom. The van der Waals surface area contributed by atoms with Gasteiger partial charge >= 0.3 is 0 Å². The van der Waals surface area contributed by atoms with Crippen LogP contribution in [-0.4, -0.2) is 63.5 Å². The van der Waals surface area contributed by atoms with E-state index in [-0.39, 0.29) is 37.0 Å². The lowest BCUT2D eigenvalue weighted by Gasteiger charge is -2.53. The van der Waals surface area contributed by atoms with Crippen molar-refractivity contribution in [2.75, 3.05) is 19.7 Å². The van der Waals surface area contributed by atoms with Crippen LogP contribution in [0.5, 0.6) is 0 Å². The first-order chi connectivity index (χ1) is 12.6. The molecule has 1 aromatic heterocycles. The Hall–Kier alpha value is -2.73. The van der Waals surface area contributed by atoms with E-state index in [0.717, 1.165) is 6.42 Å². The molecule has 0 bridgehead atoms. The van der Waals surface area contributed by atoms with E-state index in [4.69, 9.17) is 5.11 Å². The van der Waals surface area contributed by atoms with Gasteiger partial charge in [0.05, 0.1) is 24.3 Å². The molecule has 3 heterocycles. The van der Waals surface area contributed by atoms with Crippen LogP contribution in [-0.2, 0) is 4.79 Å². The molecule has 2 aromatic rings. The Morgan fingerprint density at radius 2 is 2.00 bits per heavy atom. The minimum Gasteiger partial charge on any atom is -0.394 e. The molecule has 2 amide bonds. The lowest BCUT2D eigenvalue weighted by atomic mass is 9.90. The minimum atomic E-state index is -0.159. The van der Waals surface area contributed by atoms with E-state index in [1.165, 1.54) is 11.8 Å². The van der Waals surface area contributed by atoms with Crippen LogP contribution in [0.2, 0.25) is 0 Å². The van der Waals surface area contributed by atoms with E-state index in [0.29, 0.717) is 12.1 Å². The molecule has 6 heteroatoms. The second-order valence-electron chi connectivity index (χ2n) is 6.61. The maximum atomic E-state index is 12.2. The quantitative estimate of drug-likeness (QED) is 0.888. The summed E-state index contributed by atoms with van der Waals surface area (Å²) in [4.78, 5) is 31.4. The van der Waals surface area contributed by atoms with E-state index in [2.05, 4.69) is 24.0 Å². The number of rotatable bonds is 2. The number of pyridine rings is 1. The fourth-order valence-corrected chi connectivity index (χ4v) is 3.36. The predicted octanol–water partition coefficient (Wildman–Crippen LogP) is 1.49. The van der Waals surface area contributed by atoms with Crippen LogP contribution in [0.3, 0.4) is 0 Å². The van der Waals surface area contributed by atoms with Crippen LogP contribution in [0.15, 0.2) is 54.9 Å². The number of hydrogen-bond donors (Lipinski definition) is 1. The number of carbonyl (C=O) groups excluding carboxylic acids is 2. The van der Waals surface area contributed by atoms with Crippen LogP contribution >= 0.6 is 0 Å². The third-order valence-corrected chi connectivity index (χ3v) is 4.72. The molecule has 1 N–H and O–H groups in total. The van der Waals surface area contributed by atoms with Crippen molar-refractivity contribution in [2.24, 2.45) is 0 Å². The fourth-order valence-electron chi connectivity index (χ4n) is 3.36. The topological polar surface area (TPSA) is 73.7 Å². The summed E-state index contributed by atoms with van der Waals surface area (Å²) >= 11 is 0. The van der Waals surface area contributed by atoms with Crippen molar-refractivity contribution in [3.05, 3.63) is 66.0 Å². The molecule has 2 atom stereocenters. The largest absolute Gasteiger partial charge is 0.394 e. The van der Waals surface area contributed by atoms with Gasteiger partial charge in [-0.05, 0) is 25.5 Å². The smallest absolute Gasteiger partial charge is 0.255 e. The van der Waals surface area contributed by atoms with Crippen molar-refractivity contribution in [2.45, 2.75) is 25.4 Å². The SMILES string of the molecule is Cc1ccccc1.O=C(c1cccnc1)N1CC(=O)N2C(CO)CC2C1. The van der Waals surface area contributed by atoms with E-state index in [1.807, 2.05) is 18.2 Å². The van der Waals surface area contributed by atoms with Gasteiger partial charge in [0.2, 0.25) is 5.91 Å². The van der Waals surface area contributed by atoms with Crippen molar-refractivity contribution in [3.63, 3.8) is 0 Å². The van der Waals surface area contributed by atoms with Gasteiger partial charge in [-0.2, -0.15) is 0 Å². The Balaban J connectivity index is 0.000000236. The number of fused-ring (bicyclic) bond motifs is 1. The molecule has 6 nitrogen and oxygen atoms in total. The molecule has 136 valence electrons. The average molecular weight is 353 g/mol. The van der Waals surface area contributed by atoms with Crippen molar-refractivity contribution in [1.82, 2.24) is 14.8 Å². The van der Waals surface area contributed by atoms with Crippen molar-refractivity contribution in [3.8, 4) is 0 Å². The van der Waals surface area contributed by atoms with E-state index < -0.39 is 0 Å². The predicted molar refractivity (Wildman–Crippen MR) is 97.4 cm³/mol. The maximum Gasteiger partial charge on any atom is 0.255 e. The number of aryl methyl sites for hydroxylation is 1. The number of piperazine rings is 1. The molecular weight excluding hydrogens is 330 g/mol. The maximum absolute atomic E-state index is 12.2. The Bertz CT molecular complexity index is 751. The molecule has 2 saturated heterocycles. The standard InChI is InChI=1S/C13H15N3O3.C7H8/c17-8-11-4-10-6-15(7-12(18)16(10)11)13(19)9-2-1-3-14-5-9;1-7-5-3-2-4-6-7/h1-3,5,10-11,17H,4,6-8H2;2-6H,1H3. The van der Waals surface area contributed by atoms with Crippen molar-refractivity contribution < 1.29 is 14.7 Å². The van der Waals surface area contributed by atoms with Gasteiger partial charge in [0.25, 0.3) is 5.91 Å². The molecule has 26 heavy (non-hydrogen) atoms. The first kappa shape index (κ1) is 18.1. The summed E-state index contributed by atoms with van der Waals surface area (Å²) in [7, 11) is 0. The lowest BCUT2D eigenvalue weighted by molar-refractivity contribution is -0.155. The molecule has 0 spiro atoms. The summed E-state index contributed by atoms with van der Waals surface area (Å²) in [6.45, 7) is 2.70. The second kappa shape index (κ2) is 8.10. The summed E-state index contributed by atoms with van der Waals surface area (Å²) in [5.41, 5.74) is 1.82. The molecule has 2 aliphatic rings. The highest BCUT2D eigenvalue weighted by atomic mass is 16.3. The monoisotopic (exact) mass is 353 g/mol. The van der Waals surface area contributed by atoms with Gasteiger partial charge in [0.15, 0.2) is 0 Å². The van der Waals surface area contributed by atoms with Crippen LogP contribution in [0.25, 0.3) is 0 Å². The van der Waals surface area contributed by atoms with Gasteiger partial charge in [-0.1, -0.05) is 35.9 Å². The highest BCUT2D eigenvalue weighted by molar-refractivity contribution is 5.97. The zero-order valence-corrected chi connectivity index (χ0v) is 14.8. The Kier molecular flexibility index (Phi) is 5.63. The van der Waals surface area contributed by atoms with Crippen LogP contribution in [0.4, 0.5) is 0 Å². The van der Waals surface area contributed by atoms with Gasteiger partial charge in [0.1, 0.15) is 6.54 Å². The second-order valence-corrected chi connectivity index (χ2v) is 6.61. The third-order valence-electron chi connectivity index (χ3n) is 4.72. The number of aromatic nitrogens is 1. The number of aliphatic hydroxyl groups excluding tert-OH is 1. The number of amides is 2. The number of hydrogen-bond acceptors (Lipinski definition) is 4. The van der Waals surface area contributed by atoms with E-state index >= 15 is 0 Å². The summed E-state index contributed by atoms with van der Waals surface area (Å²) < 4.78 is 0. The van der Waals surface area contributed by atoms with Gasteiger partial charge in [-0.25, -0.2) is 0 Å². The molecular formula is C20H23N3O3. The molecule has 0 aliphatic carbocycles. The number of aliphatic hydroxyl groups is 1. The van der Waals surface area contributed by atoms with Gasteiger partial charge in [-0.15, -0.1) is 0 Å². The van der Waals surface area contributed by atoms with E-state index in [9.17, 15) is 9.59 Å². The number of benzene rings is 1. The summed E-state index contributed by atoms with van der Waals surface area (Å²) in [5.74, 6) is -0.243. The lowest BCUT2D eigenvalue weighted by Crippen LogP contribution is -2.69. The average Bonchev–Trinajstić information content (AvgIpc) is 2.64.